The largest absolute Gasteiger partial charge is 0.367 e. The zero-order chi connectivity index (χ0) is 16.3. The fraction of sp³-hybridized carbons (Fsp3) is 0.0769. The van der Waals surface area contributed by atoms with Crippen molar-refractivity contribution in [2.45, 2.75) is 6.04 Å². The monoisotopic (exact) mass is 321 g/mol. The SMILES string of the molecule is NC(=O)C(NC(=O)c1cc(-c2ccccc2Cl)n[nH]1)C(N)=O. The third kappa shape index (κ3) is 3.23. The summed E-state index contributed by atoms with van der Waals surface area (Å²) in [5, 5.41) is 9.04. The van der Waals surface area contributed by atoms with E-state index < -0.39 is 23.8 Å². The summed E-state index contributed by atoms with van der Waals surface area (Å²) in [6.07, 6.45) is 0. The van der Waals surface area contributed by atoms with Gasteiger partial charge in [0.2, 0.25) is 11.8 Å². The highest BCUT2D eigenvalue weighted by molar-refractivity contribution is 6.33. The molecule has 0 aliphatic carbocycles. The van der Waals surface area contributed by atoms with Crippen molar-refractivity contribution in [2.24, 2.45) is 11.5 Å². The molecule has 0 unspecified atom stereocenters. The second-order valence-corrected chi connectivity index (χ2v) is 4.77. The number of halogens is 1. The van der Waals surface area contributed by atoms with Gasteiger partial charge < -0.3 is 16.8 Å². The van der Waals surface area contributed by atoms with Crippen molar-refractivity contribution in [3.05, 3.63) is 41.0 Å². The molecule has 2 aromatic rings. The number of H-pyrrole nitrogens is 1. The zero-order valence-electron chi connectivity index (χ0n) is 11.2. The van der Waals surface area contributed by atoms with Crippen LogP contribution >= 0.6 is 11.6 Å². The third-order valence-corrected chi connectivity index (χ3v) is 3.15. The number of aromatic amines is 1. The number of nitrogens with two attached hydrogens (primary N) is 2. The van der Waals surface area contributed by atoms with Gasteiger partial charge in [-0.1, -0.05) is 29.8 Å². The van der Waals surface area contributed by atoms with Crippen LogP contribution in [0, 0.1) is 0 Å². The molecule has 0 spiro atoms. The van der Waals surface area contributed by atoms with Crippen LogP contribution in [0.25, 0.3) is 11.3 Å². The standard InChI is InChI=1S/C13H12ClN5O3/c14-7-4-2-1-3-6(7)8-5-9(19-18-8)13(22)17-10(11(15)20)12(16)21/h1-5,10H,(H2,15,20)(H2,16,21)(H,17,22)(H,18,19). The van der Waals surface area contributed by atoms with E-state index >= 15 is 0 Å². The van der Waals surface area contributed by atoms with E-state index in [1.54, 1.807) is 24.3 Å². The van der Waals surface area contributed by atoms with Crippen molar-refractivity contribution in [1.82, 2.24) is 15.5 Å². The van der Waals surface area contributed by atoms with Gasteiger partial charge in [-0.05, 0) is 12.1 Å². The summed E-state index contributed by atoms with van der Waals surface area (Å²) in [6, 6.07) is 6.77. The minimum absolute atomic E-state index is 0.0300. The predicted molar refractivity (Wildman–Crippen MR) is 78.7 cm³/mol. The molecule has 0 radical (unpaired) electrons. The van der Waals surface area contributed by atoms with Gasteiger partial charge in [0.05, 0.1) is 10.7 Å². The summed E-state index contributed by atoms with van der Waals surface area (Å²) in [5.41, 5.74) is 11.1. The Hall–Kier alpha value is -2.87. The maximum Gasteiger partial charge on any atom is 0.270 e. The first-order valence-corrected chi connectivity index (χ1v) is 6.47. The predicted octanol–water partition coefficient (Wildman–Crippen LogP) is -0.201. The minimum Gasteiger partial charge on any atom is -0.367 e. The number of nitrogens with zero attached hydrogens (tertiary/aromatic N) is 1. The Morgan fingerprint density at radius 1 is 1.18 bits per heavy atom. The lowest BCUT2D eigenvalue weighted by Gasteiger charge is -2.10. The molecule has 1 aromatic heterocycles. The number of primary amides is 2. The highest BCUT2D eigenvalue weighted by Gasteiger charge is 2.25. The lowest BCUT2D eigenvalue weighted by molar-refractivity contribution is -0.128. The highest BCUT2D eigenvalue weighted by atomic mass is 35.5. The molecule has 0 aliphatic rings. The molecular formula is C13H12ClN5O3. The zero-order valence-corrected chi connectivity index (χ0v) is 11.9. The topological polar surface area (TPSA) is 144 Å². The summed E-state index contributed by atoms with van der Waals surface area (Å²) in [5.74, 6) is -2.84. The minimum atomic E-state index is -1.60. The second-order valence-electron chi connectivity index (χ2n) is 4.36. The number of benzene rings is 1. The van der Waals surface area contributed by atoms with Crippen LogP contribution in [0.5, 0.6) is 0 Å². The summed E-state index contributed by atoms with van der Waals surface area (Å²) in [4.78, 5) is 34.0. The molecule has 22 heavy (non-hydrogen) atoms. The summed E-state index contributed by atoms with van der Waals surface area (Å²) in [7, 11) is 0. The Morgan fingerprint density at radius 3 is 2.41 bits per heavy atom. The second kappa shape index (κ2) is 6.27. The molecule has 0 bridgehead atoms. The van der Waals surface area contributed by atoms with E-state index in [0.717, 1.165) is 0 Å². The molecule has 9 heteroatoms. The van der Waals surface area contributed by atoms with Crippen LogP contribution < -0.4 is 16.8 Å². The van der Waals surface area contributed by atoms with Crippen molar-refractivity contribution in [1.29, 1.82) is 0 Å². The van der Waals surface area contributed by atoms with Gasteiger partial charge in [-0.2, -0.15) is 5.10 Å². The van der Waals surface area contributed by atoms with Crippen molar-refractivity contribution < 1.29 is 14.4 Å². The molecule has 1 heterocycles. The van der Waals surface area contributed by atoms with Crippen LogP contribution in [0.15, 0.2) is 30.3 Å². The van der Waals surface area contributed by atoms with Gasteiger partial charge in [0.15, 0.2) is 6.04 Å². The van der Waals surface area contributed by atoms with Crippen LogP contribution in [-0.2, 0) is 9.59 Å². The van der Waals surface area contributed by atoms with Gasteiger partial charge in [0.25, 0.3) is 5.91 Å². The van der Waals surface area contributed by atoms with Gasteiger partial charge in [-0.3, -0.25) is 19.5 Å². The van der Waals surface area contributed by atoms with Crippen molar-refractivity contribution in [2.75, 3.05) is 0 Å². The molecule has 0 saturated carbocycles. The average Bonchev–Trinajstić information content (AvgIpc) is 2.94. The molecule has 0 atom stereocenters. The third-order valence-electron chi connectivity index (χ3n) is 2.82. The Balaban J connectivity index is 2.21. The lowest BCUT2D eigenvalue weighted by Crippen LogP contribution is -2.52. The molecule has 0 saturated heterocycles. The molecule has 0 fully saturated rings. The average molecular weight is 322 g/mol. The van der Waals surface area contributed by atoms with E-state index in [-0.39, 0.29) is 5.69 Å². The van der Waals surface area contributed by atoms with E-state index in [2.05, 4.69) is 15.5 Å². The normalized spacial score (nSPS) is 10.5. The first-order valence-electron chi connectivity index (χ1n) is 6.10. The van der Waals surface area contributed by atoms with E-state index in [1.165, 1.54) is 6.07 Å². The van der Waals surface area contributed by atoms with Crippen molar-refractivity contribution >= 4 is 29.3 Å². The van der Waals surface area contributed by atoms with E-state index in [1.807, 2.05) is 0 Å². The number of hydrogen-bond acceptors (Lipinski definition) is 4. The summed E-state index contributed by atoms with van der Waals surface area (Å²) < 4.78 is 0. The molecule has 1 aromatic carbocycles. The van der Waals surface area contributed by atoms with Gasteiger partial charge in [-0.25, -0.2) is 0 Å². The smallest absolute Gasteiger partial charge is 0.270 e. The number of rotatable bonds is 5. The quantitative estimate of drug-likeness (QED) is 0.565. The van der Waals surface area contributed by atoms with Gasteiger partial charge >= 0.3 is 0 Å². The van der Waals surface area contributed by atoms with Crippen LogP contribution in [0.3, 0.4) is 0 Å². The van der Waals surface area contributed by atoms with Crippen LogP contribution in [-0.4, -0.2) is 34.0 Å². The molecule has 6 N–H and O–H groups in total. The Kier molecular flexibility index (Phi) is 4.42. The summed E-state index contributed by atoms with van der Waals surface area (Å²) >= 11 is 6.04. The van der Waals surface area contributed by atoms with Crippen molar-refractivity contribution in [3.63, 3.8) is 0 Å². The fourth-order valence-corrected chi connectivity index (χ4v) is 1.97. The number of aromatic nitrogens is 2. The Labute approximate surface area is 129 Å². The van der Waals surface area contributed by atoms with E-state index in [0.29, 0.717) is 16.3 Å². The fourth-order valence-electron chi connectivity index (χ4n) is 1.74. The Morgan fingerprint density at radius 2 is 1.82 bits per heavy atom. The van der Waals surface area contributed by atoms with Crippen molar-refractivity contribution in [3.8, 4) is 11.3 Å². The van der Waals surface area contributed by atoms with Gasteiger partial charge in [0.1, 0.15) is 5.69 Å². The van der Waals surface area contributed by atoms with E-state index in [9.17, 15) is 14.4 Å². The van der Waals surface area contributed by atoms with Gasteiger partial charge in [-0.15, -0.1) is 0 Å². The highest BCUT2D eigenvalue weighted by Crippen LogP contribution is 2.26. The van der Waals surface area contributed by atoms with Gasteiger partial charge in [0, 0.05) is 5.56 Å². The molecule has 8 nitrogen and oxygen atoms in total. The maximum atomic E-state index is 12.0. The lowest BCUT2D eigenvalue weighted by atomic mass is 10.1. The van der Waals surface area contributed by atoms with E-state index in [4.69, 9.17) is 23.1 Å². The summed E-state index contributed by atoms with van der Waals surface area (Å²) in [6.45, 7) is 0. The molecular weight excluding hydrogens is 310 g/mol. The number of nitrogens with one attached hydrogen (secondary N) is 2. The number of amides is 3. The molecule has 3 amide bonds. The van der Waals surface area contributed by atoms with Crippen LogP contribution in [0.2, 0.25) is 5.02 Å². The number of carbonyl (C=O) groups is 3. The molecule has 0 aliphatic heterocycles. The van der Waals surface area contributed by atoms with Crippen LogP contribution in [0.4, 0.5) is 0 Å². The van der Waals surface area contributed by atoms with Crippen LogP contribution in [0.1, 0.15) is 10.5 Å². The molecule has 114 valence electrons. The maximum absolute atomic E-state index is 12.0. The Bertz CT molecular complexity index is 729. The number of hydrogen-bond donors (Lipinski definition) is 4. The first-order chi connectivity index (χ1) is 10.4. The first kappa shape index (κ1) is 15.5. The molecule has 2 rings (SSSR count). The number of carbonyl (C=O) groups excluding carboxylic acids is 3.